The van der Waals surface area contributed by atoms with E-state index in [2.05, 4.69) is 63.3 Å². The summed E-state index contributed by atoms with van der Waals surface area (Å²) in [5.41, 5.74) is 6.95. The molecule has 0 atom stereocenters. The van der Waals surface area contributed by atoms with E-state index in [1.54, 1.807) is 42.0 Å². The number of nitriles is 1. The Balaban J connectivity index is 0.000000849. The fraction of sp³-hybridized carbons (Fsp3) is 0.450. The first kappa shape index (κ1) is 39.3. The number of carbonyl (C=O) groups is 1. The second-order valence-corrected chi connectivity index (χ2v) is 12.7. The number of hydrogen-bond donors (Lipinski definition) is 0. The van der Waals surface area contributed by atoms with Crippen LogP contribution in [-0.4, -0.2) is 5.97 Å². The van der Waals surface area contributed by atoms with Crippen molar-refractivity contribution in [2.45, 2.75) is 98.3 Å². The van der Waals surface area contributed by atoms with Gasteiger partial charge in [-0.05, 0) is 99.5 Å². The zero-order chi connectivity index (χ0) is 30.8. The Morgan fingerprint density at radius 2 is 1.51 bits per heavy atom. The number of aryl methyl sites for hydroxylation is 4. The van der Waals surface area contributed by atoms with Gasteiger partial charge in [0.2, 0.25) is 0 Å². The molecule has 45 heavy (non-hydrogen) atoms. The molecule has 2 saturated carbocycles. The van der Waals surface area contributed by atoms with E-state index in [9.17, 15) is 4.79 Å². The topological polar surface area (TPSA) is 50.1 Å². The van der Waals surface area contributed by atoms with Crippen LogP contribution >= 0.6 is 0 Å². The van der Waals surface area contributed by atoms with Gasteiger partial charge in [-0.1, -0.05) is 57.6 Å². The molecular formula is C40H51NO2ReY-2. The molecule has 2 radical (unpaired) electrons. The summed E-state index contributed by atoms with van der Waals surface area (Å²) >= 11 is 0. The molecular weight excluding hydrogens is 802 g/mol. The second-order valence-electron chi connectivity index (χ2n) is 12.7. The van der Waals surface area contributed by atoms with Crippen LogP contribution in [0.5, 0.6) is 5.75 Å². The molecule has 0 amide bonds. The summed E-state index contributed by atoms with van der Waals surface area (Å²) in [5, 5.41) is 8.99. The standard InChI is InChI=1S/C24H35.C16H12NO2.Re.Y.2H2/c1-4-5-6-20-8-11-21(12-9-20)22-13-15-23(16-14-22)24-10-7-18(2)19(3)17-24;1-11-8-14(9-12(2)15(11)10-17)19-16(18)13-6-4-3-5-7-13;;;;/h4-5,10,17,20-23H,6,8-9,11-16H2,1-3H3;4-9H,1-2H3;;;2*1H/q2*-1;;;;/b5-4+;;;;;. The van der Waals surface area contributed by atoms with Gasteiger partial charge in [0.15, 0.2) is 0 Å². The molecule has 0 heterocycles. The molecule has 0 N–H and O–H groups in total. The van der Waals surface area contributed by atoms with E-state index in [1.165, 1.54) is 68.9 Å². The normalized spacial score (nSPS) is 20.9. The molecule has 0 saturated heterocycles. The van der Waals surface area contributed by atoms with Crippen molar-refractivity contribution in [3.8, 4) is 11.8 Å². The summed E-state index contributed by atoms with van der Waals surface area (Å²) in [7, 11) is 0. The van der Waals surface area contributed by atoms with Crippen molar-refractivity contribution in [1.82, 2.24) is 0 Å². The van der Waals surface area contributed by atoms with E-state index in [-0.39, 0.29) is 56.0 Å². The van der Waals surface area contributed by atoms with E-state index in [4.69, 9.17) is 10.00 Å². The molecule has 0 unspecified atom stereocenters. The number of carbonyl (C=O) groups excluding carboxylic acids is 1. The third kappa shape index (κ3) is 11.4. The van der Waals surface area contributed by atoms with Crippen molar-refractivity contribution in [3.63, 3.8) is 0 Å². The summed E-state index contributed by atoms with van der Waals surface area (Å²) in [6, 6.07) is 23.1. The number of allylic oxidation sites excluding steroid dienone is 2. The fourth-order valence-electron chi connectivity index (χ4n) is 6.94. The van der Waals surface area contributed by atoms with Crippen molar-refractivity contribution in [2.75, 3.05) is 0 Å². The van der Waals surface area contributed by atoms with Crippen LogP contribution in [0.1, 0.15) is 117 Å². The summed E-state index contributed by atoms with van der Waals surface area (Å²) in [5.74, 6) is 3.84. The van der Waals surface area contributed by atoms with Gasteiger partial charge in [-0.25, -0.2) is 4.79 Å². The Morgan fingerprint density at radius 1 is 0.933 bits per heavy atom. The molecule has 3 nitrogen and oxygen atoms in total. The van der Waals surface area contributed by atoms with Crippen molar-refractivity contribution < 1.29 is 65.5 Å². The Hall–Kier alpha value is -1.87. The summed E-state index contributed by atoms with van der Waals surface area (Å²) in [6.45, 7) is 10.2. The zero-order valence-electron chi connectivity index (χ0n) is 27.7. The SMILES string of the molecule is C/C=C/CC1CCC(C2CCC(c3c[c-]c(C)c(C)c3)CC2)CC1.Cc1cc(OC(=O)c2cc[c-]cc2)cc(C)c1C#N.[HH].[HH].[Re].[Y]. The average Bonchev–Trinajstić information content (AvgIpc) is 3.02. The van der Waals surface area contributed by atoms with Crippen LogP contribution in [0, 0.1) is 68.9 Å². The third-order valence-electron chi connectivity index (χ3n) is 9.72. The number of esters is 1. The van der Waals surface area contributed by atoms with Gasteiger partial charge in [0.1, 0.15) is 5.75 Å². The first-order valence-corrected chi connectivity index (χ1v) is 16.1. The Bertz CT molecular complexity index is 1420. The van der Waals surface area contributed by atoms with E-state index >= 15 is 0 Å². The van der Waals surface area contributed by atoms with E-state index < -0.39 is 5.97 Å². The van der Waals surface area contributed by atoms with Crippen LogP contribution in [0.25, 0.3) is 0 Å². The molecule has 2 aliphatic carbocycles. The minimum atomic E-state index is -0.419. The number of ether oxygens (including phenoxy) is 1. The maximum Gasteiger partial charge on any atom is 0.318 e. The maximum absolute atomic E-state index is 11.9. The molecule has 0 aliphatic heterocycles. The molecule has 240 valence electrons. The predicted octanol–water partition coefficient (Wildman–Crippen LogP) is 10.8. The zero-order valence-corrected chi connectivity index (χ0v) is 33.2. The van der Waals surface area contributed by atoms with Crippen molar-refractivity contribution in [1.29, 1.82) is 5.26 Å². The smallest absolute Gasteiger partial charge is 0.318 e. The summed E-state index contributed by atoms with van der Waals surface area (Å²) in [6.07, 6.45) is 17.6. The first-order valence-electron chi connectivity index (χ1n) is 16.1. The number of benzene rings is 3. The molecule has 2 fully saturated rings. The maximum atomic E-state index is 11.9. The Morgan fingerprint density at radius 3 is 2.04 bits per heavy atom. The predicted molar refractivity (Wildman–Crippen MR) is 179 cm³/mol. The quantitative estimate of drug-likeness (QED) is 0.107. The molecule has 3 aromatic rings. The minimum Gasteiger partial charge on any atom is -0.424 e. The van der Waals surface area contributed by atoms with Gasteiger partial charge in [0.25, 0.3) is 0 Å². The van der Waals surface area contributed by atoms with E-state index in [0.29, 0.717) is 16.9 Å². The fourth-order valence-corrected chi connectivity index (χ4v) is 6.94. The van der Waals surface area contributed by atoms with Crippen LogP contribution in [0.3, 0.4) is 0 Å². The van der Waals surface area contributed by atoms with Crippen molar-refractivity contribution >= 4 is 5.97 Å². The van der Waals surface area contributed by atoms with Crippen LogP contribution in [0.15, 0.2) is 60.7 Å². The van der Waals surface area contributed by atoms with Gasteiger partial charge < -0.3 is 4.74 Å². The molecule has 0 aromatic heterocycles. The van der Waals surface area contributed by atoms with Gasteiger partial charge in [0, 0.05) is 56.0 Å². The summed E-state index contributed by atoms with van der Waals surface area (Å²) < 4.78 is 5.30. The summed E-state index contributed by atoms with van der Waals surface area (Å²) in [4.78, 5) is 11.9. The molecule has 0 bridgehead atoms. The minimum absolute atomic E-state index is 0. The van der Waals surface area contributed by atoms with Crippen LogP contribution in [-0.2, 0) is 53.1 Å². The molecule has 2 aliphatic rings. The van der Waals surface area contributed by atoms with Crippen molar-refractivity contribution in [3.05, 3.63) is 112 Å². The van der Waals surface area contributed by atoms with Gasteiger partial charge in [-0.15, -0.1) is 0 Å². The molecule has 3 aromatic carbocycles. The first-order chi connectivity index (χ1) is 20.8. The monoisotopic (exact) mass is 853 g/mol. The van der Waals surface area contributed by atoms with Gasteiger partial charge in [-0.3, -0.25) is 0 Å². The molecule has 5 heteroatoms. The van der Waals surface area contributed by atoms with Crippen LogP contribution in [0.4, 0.5) is 0 Å². The Labute approximate surface area is 314 Å². The van der Waals surface area contributed by atoms with Crippen LogP contribution < -0.4 is 4.74 Å². The van der Waals surface area contributed by atoms with Crippen molar-refractivity contribution in [2.24, 2.45) is 17.8 Å². The second kappa shape index (κ2) is 19.7. The average molecular weight is 853 g/mol. The largest absolute Gasteiger partial charge is 0.424 e. The third-order valence-corrected chi connectivity index (χ3v) is 9.72. The van der Waals surface area contributed by atoms with Gasteiger partial charge in [0.05, 0.1) is 11.6 Å². The number of hydrogen-bond acceptors (Lipinski definition) is 3. The van der Waals surface area contributed by atoms with Crippen LogP contribution in [0.2, 0.25) is 0 Å². The number of rotatable bonds is 6. The Kier molecular flexibility index (Phi) is 17.2. The number of nitrogens with zero attached hydrogens (tertiary/aromatic N) is 1. The van der Waals surface area contributed by atoms with E-state index in [1.807, 2.05) is 13.8 Å². The van der Waals surface area contributed by atoms with E-state index in [0.717, 1.165) is 34.8 Å². The van der Waals surface area contributed by atoms with Gasteiger partial charge >= 0.3 is 5.97 Å². The molecule has 5 rings (SSSR count). The molecule has 0 spiro atoms. The van der Waals surface area contributed by atoms with Gasteiger partial charge in [-0.2, -0.15) is 70.5 Å².